The zero-order chi connectivity index (χ0) is 15.0. The lowest BCUT2D eigenvalue weighted by Crippen LogP contribution is -2.44. The maximum atomic E-state index is 6.16. The summed E-state index contributed by atoms with van der Waals surface area (Å²) in [6, 6.07) is 0. The lowest BCUT2D eigenvalue weighted by molar-refractivity contribution is 0.0300. The molecule has 2 aliphatic rings. The van der Waals surface area contributed by atoms with Crippen molar-refractivity contribution in [2.24, 2.45) is 18.4 Å². The number of nitrogens with zero attached hydrogens (tertiary/aromatic N) is 2. The van der Waals surface area contributed by atoms with E-state index in [2.05, 4.69) is 47.2 Å². The van der Waals surface area contributed by atoms with E-state index in [9.17, 15) is 0 Å². The van der Waals surface area contributed by atoms with Gasteiger partial charge < -0.3 is 10.1 Å². The van der Waals surface area contributed by atoms with Crippen LogP contribution in [0.15, 0.2) is 4.47 Å². The number of aryl methyl sites for hydroxylation is 2. The maximum absolute atomic E-state index is 6.16. The molecule has 0 bridgehead atoms. The summed E-state index contributed by atoms with van der Waals surface area (Å²) in [5.41, 5.74) is 2.61. The molecule has 1 saturated heterocycles. The molecule has 118 valence electrons. The van der Waals surface area contributed by atoms with Crippen molar-refractivity contribution in [3.63, 3.8) is 0 Å². The molecular weight excluding hydrogens is 330 g/mol. The van der Waals surface area contributed by atoms with E-state index in [0.29, 0.717) is 6.10 Å². The molecule has 1 aromatic heterocycles. The standard InChI is InChI=1S/C16H26BrN3O/c1-4-18-10-16(7-8-21-15(16)12-5-6-12)9-13-14(17)11(2)19-20(13)3/h12,15,18H,4-10H2,1-3H3. The molecule has 21 heavy (non-hydrogen) atoms. The van der Waals surface area contributed by atoms with E-state index < -0.39 is 0 Å². The van der Waals surface area contributed by atoms with E-state index in [4.69, 9.17) is 4.74 Å². The van der Waals surface area contributed by atoms with Gasteiger partial charge in [0, 0.05) is 25.6 Å². The number of hydrogen-bond acceptors (Lipinski definition) is 3. The Labute approximate surface area is 135 Å². The third kappa shape index (κ3) is 2.92. The van der Waals surface area contributed by atoms with Crippen molar-refractivity contribution in [2.75, 3.05) is 19.7 Å². The van der Waals surface area contributed by atoms with E-state index in [1.165, 1.54) is 23.0 Å². The SMILES string of the molecule is CCNCC1(Cc2c(Br)c(C)nn2C)CCOC1C1CC1. The van der Waals surface area contributed by atoms with Gasteiger partial charge in [0.25, 0.3) is 0 Å². The monoisotopic (exact) mass is 355 g/mol. The first-order valence-electron chi connectivity index (χ1n) is 8.07. The highest BCUT2D eigenvalue weighted by atomic mass is 79.9. The van der Waals surface area contributed by atoms with Crippen LogP contribution in [0.3, 0.4) is 0 Å². The first kappa shape index (κ1) is 15.5. The van der Waals surface area contributed by atoms with E-state index in [1.807, 2.05) is 4.68 Å². The van der Waals surface area contributed by atoms with Crippen molar-refractivity contribution in [1.82, 2.24) is 15.1 Å². The first-order chi connectivity index (χ1) is 10.1. The Balaban J connectivity index is 1.88. The summed E-state index contributed by atoms with van der Waals surface area (Å²) in [5, 5.41) is 8.14. The van der Waals surface area contributed by atoms with Gasteiger partial charge in [-0.3, -0.25) is 4.68 Å². The van der Waals surface area contributed by atoms with Crippen LogP contribution in [0.4, 0.5) is 0 Å². The fourth-order valence-corrected chi connectivity index (χ4v) is 4.24. The Morgan fingerprint density at radius 3 is 2.81 bits per heavy atom. The van der Waals surface area contributed by atoms with Crippen LogP contribution in [0.5, 0.6) is 0 Å². The van der Waals surface area contributed by atoms with Crippen molar-refractivity contribution < 1.29 is 4.74 Å². The highest BCUT2D eigenvalue weighted by Crippen LogP contribution is 2.49. The summed E-state index contributed by atoms with van der Waals surface area (Å²) < 4.78 is 9.37. The van der Waals surface area contributed by atoms with Crippen LogP contribution in [0.2, 0.25) is 0 Å². The number of hydrogen-bond donors (Lipinski definition) is 1. The predicted octanol–water partition coefficient (Wildman–Crippen LogP) is 2.83. The molecule has 2 unspecified atom stereocenters. The Hall–Kier alpha value is -0.390. The smallest absolute Gasteiger partial charge is 0.0738 e. The average Bonchev–Trinajstić information content (AvgIpc) is 3.18. The molecule has 0 amide bonds. The van der Waals surface area contributed by atoms with Gasteiger partial charge in [0.2, 0.25) is 0 Å². The highest BCUT2D eigenvalue weighted by Gasteiger charge is 2.51. The Bertz CT molecular complexity index is 512. The van der Waals surface area contributed by atoms with Gasteiger partial charge in [0.05, 0.1) is 22.0 Å². The maximum Gasteiger partial charge on any atom is 0.0738 e. The zero-order valence-electron chi connectivity index (χ0n) is 13.3. The summed E-state index contributed by atoms with van der Waals surface area (Å²) in [7, 11) is 2.05. The molecule has 1 N–H and O–H groups in total. The number of ether oxygens (including phenoxy) is 1. The fraction of sp³-hybridized carbons (Fsp3) is 0.812. The molecule has 0 aromatic carbocycles. The Kier molecular flexibility index (Phi) is 4.44. The number of halogens is 1. The van der Waals surface area contributed by atoms with E-state index >= 15 is 0 Å². The second-order valence-corrected chi connectivity index (χ2v) is 7.46. The largest absolute Gasteiger partial charge is 0.377 e. The second kappa shape index (κ2) is 6.01. The summed E-state index contributed by atoms with van der Waals surface area (Å²) >= 11 is 3.73. The van der Waals surface area contributed by atoms with Crippen LogP contribution < -0.4 is 5.32 Å². The van der Waals surface area contributed by atoms with Crippen molar-refractivity contribution in [3.05, 3.63) is 15.9 Å². The minimum atomic E-state index is 0.222. The van der Waals surface area contributed by atoms with Gasteiger partial charge in [0.15, 0.2) is 0 Å². The van der Waals surface area contributed by atoms with Crippen molar-refractivity contribution >= 4 is 15.9 Å². The van der Waals surface area contributed by atoms with Gasteiger partial charge in [-0.05, 0) is 61.0 Å². The fourth-order valence-electron chi connectivity index (χ4n) is 3.76. The summed E-state index contributed by atoms with van der Waals surface area (Å²) in [6.45, 7) is 7.21. The van der Waals surface area contributed by atoms with Crippen molar-refractivity contribution in [2.45, 2.75) is 45.6 Å². The Morgan fingerprint density at radius 1 is 1.48 bits per heavy atom. The van der Waals surface area contributed by atoms with Crippen LogP contribution in [-0.4, -0.2) is 35.6 Å². The molecule has 2 fully saturated rings. The number of aromatic nitrogens is 2. The average molecular weight is 356 g/mol. The molecule has 2 heterocycles. The Morgan fingerprint density at radius 2 is 2.24 bits per heavy atom. The van der Waals surface area contributed by atoms with Crippen LogP contribution in [0.25, 0.3) is 0 Å². The molecule has 2 atom stereocenters. The van der Waals surface area contributed by atoms with Gasteiger partial charge in [0.1, 0.15) is 0 Å². The van der Waals surface area contributed by atoms with Crippen molar-refractivity contribution in [3.8, 4) is 0 Å². The van der Waals surface area contributed by atoms with Crippen LogP contribution in [0.1, 0.15) is 37.6 Å². The number of rotatable bonds is 6. The zero-order valence-corrected chi connectivity index (χ0v) is 14.9. The van der Waals surface area contributed by atoms with Gasteiger partial charge in [-0.2, -0.15) is 5.10 Å². The predicted molar refractivity (Wildman–Crippen MR) is 87.4 cm³/mol. The van der Waals surface area contributed by atoms with Gasteiger partial charge in [-0.15, -0.1) is 0 Å². The topological polar surface area (TPSA) is 39.1 Å². The molecule has 1 aliphatic heterocycles. The molecule has 1 aromatic rings. The molecular formula is C16H26BrN3O. The third-order valence-electron chi connectivity index (χ3n) is 5.06. The first-order valence-corrected chi connectivity index (χ1v) is 8.87. The minimum Gasteiger partial charge on any atom is -0.377 e. The lowest BCUT2D eigenvalue weighted by Gasteiger charge is -2.35. The lowest BCUT2D eigenvalue weighted by atomic mass is 9.75. The second-order valence-electron chi connectivity index (χ2n) is 6.67. The summed E-state index contributed by atoms with van der Waals surface area (Å²) in [4.78, 5) is 0. The highest BCUT2D eigenvalue weighted by molar-refractivity contribution is 9.10. The van der Waals surface area contributed by atoms with E-state index in [-0.39, 0.29) is 5.41 Å². The third-order valence-corrected chi connectivity index (χ3v) is 6.09. The molecule has 1 aliphatic carbocycles. The minimum absolute atomic E-state index is 0.222. The summed E-state index contributed by atoms with van der Waals surface area (Å²) in [6.07, 6.45) is 5.28. The van der Waals surface area contributed by atoms with Crippen LogP contribution in [0, 0.1) is 18.3 Å². The molecule has 0 radical (unpaired) electrons. The molecule has 3 rings (SSSR count). The summed E-state index contributed by atoms with van der Waals surface area (Å²) in [5.74, 6) is 0.777. The van der Waals surface area contributed by atoms with Gasteiger partial charge in [-0.1, -0.05) is 6.92 Å². The van der Waals surface area contributed by atoms with Crippen LogP contribution >= 0.6 is 15.9 Å². The molecule has 1 saturated carbocycles. The molecule has 0 spiro atoms. The molecule has 5 heteroatoms. The number of nitrogens with one attached hydrogen (secondary N) is 1. The van der Waals surface area contributed by atoms with Crippen LogP contribution in [-0.2, 0) is 18.2 Å². The molecule has 4 nitrogen and oxygen atoms in total. The van der Waals surface area contributed by atoms with Gasteiger partial charge in [-0.25, -0.2) is 0 Å². The van der Waals surface area contributed by atoms with Gasteiger partial charge >= 0.3 is 0 Å². The van der Waals surface area contributed by atoms with E-state index in [0.717, 1.165) is 44.1 Å². The van der Waals surface area contributed by atoms with E-state index in [1.54, 1.807) is 0 Å². The van der Waals surface area contributed by atoms with Crippen molar-refractivity contribution in [1.29, 1.82) is 0 Å². The normalized spacial score (nSPS) is 29.2. The quantitative estimate of drug-likeness (QED) is 0.852.